The van der Waals surface area contributed by atoms with Gasteiger partial charge in [0.25, 0.3) is 5.91 Å². The number of ether oxygens (including phenoxy) is 1. The molecule has 0 unspecified atom stereocenters. The van der Waals surface area contributed by atoms with Crippen LogP contribution >= 0.6 is 0 Å². The number of β-amino-alcohol motifs (C(OH)–C–C–N with tert-alkyl or cyclic N) is 1. The van der Waals surface area contributed by atoms with E-state index < -0.39 is 17.3 Å². The molecule has 2 aromatic carbocycles. The lowest BCUT2D eigenvalue weighted by Gasteiger charge is -2.41. The number of para-hydroxylation sites is 2. The fourth-order valence-corrected chi connectivity index (χ4v) is 4.30. The van der Waals surface area contributed by atoms with Gasteiger partial charge in [0.1, 0.15) is 5.60 Å². The van der Waals surface area contributed by atoms with Crippen LogP contribution in [0.25, 0.3) is 0 Å². The van der Waals surface area contributed by atoms with Crippen molar-refractivity contribution in [2.75, 3.05) is 36.8 Å². The number of hydrogen-bond donors (Lipinski definition) is 3. The largest absolute Gasteiger partial charge is 0.444 e. The molecular weight excluding hydrogens is 456 g/mol. The van der Waals surface area contributed by atoms with Gasteiger partial charge in [-0.05, 0) is 71.4 Å². The van der Waals surface area contributed by atoms with Crippen LogP contribution in [0.5, 0.6) is 0 Å². The summed E-state index contributed by atoms with van der Waals surface area (Å²) < 4.78 is 5.32. The molecule has 1 saturated heterocycles. The smallest absolute Gasteiger partial charge is 0.412 e. The maximum absolute atomic E-state index is 12.9. The molecular formula is C28H40N4O4. The van der Waals surface area contributed by atoms with Gasteiger partial charge in [0.2, 0.25) is 0 Å². The summed E-state index contributed by atoms with van der Waals surface area (Å²) in [5, 5.41) is 15.7. The molecule has 3 N–H and O–H groups in total. The van der Waals surface area contributed by atoms with Crippen molar-refractivity contribution in [3.63, 3.8) is 0 Å². The Labute approximate surface area is 214 Å². The summed E-state index contributed by atoms with van der Waals surface area (Å²) in [6, 6.07) is 15.0. The van der Waals surface area contributed by atoms with Gasteiger partial charge in [0.05, 0.1) is 17.0 Å². The highest BCUT2D eigenvalue weighted by molar-refractivity contribution is 6.06. The van der Waals surface area contributed by atoms with E-state index in [9.17, 15) is 14.7 Å². The average Bonchev–Trinajstić information content (AvgIpc) is 2.75. The molecule has 0 aliphatic carbocycles. The van der Waals surface area contributed by atoms with Gasteiger partial charge in [-0.15, -0.1) is 0 Å². The van der Waals surface area contributed by atoms with Crippen molar-refractivity contribution in [2.45, 2.75) is 65.3 Å². The van der Waals surface area contributed by atoms with E-state index in [0.29, 0.717) is 29.5 Å². The molecule has 0 radical (unpaired) electrons. The number of piperazine rings is 1. The van der Waals surface area contributed by atoms with Crippen molar-refractivity contribution in [1.82, 2.24) is 9.80 Å². The average molecular weight is 497 g/mol. The molecule has 2 amide bonds. The van der Waals surface area contributed by atoms with Crippen LogP contribution < -0.4 is 10.6 Å². The number of nitrogens with one attached hydrogen (secondary N) is 2. The summed E-state index contributed by atoms with van der Waals surface area (Å²) in [7, 11) is 0. The highest BCUT2D eigenvalue weighted by atomic mass is 16.6. The molecule has 36 heavy (non-hydrogen) atoms. The standard InChI is InChI=1S/C28H40N4O4/c1-20-17-31(19-28(5,6)35)15-16-32(20)18-21-11-13-22(14-12-21)25(33)29-23-9-7-8-10-24(23)30-26(34)36-27(2,3)4/h7-14,20,35H,15-19H2,1-6H3,(H,29,33)(H,30,34)/t20-/m0/s1. The Kier molecular flexibility index (Phi) is 8.76. The zero-order valence-corrected chi connectivity index (χ0v) is 22.3. The summed E-state index contributed by atoms with van der Waals surface area (Å²) in [4.78, 5) is 29.8. The SMILES string of the molecule is C[C@H]1CN(CC(C)(C)O)CCN1Cc1ccc(C(=O)Nc2ccccc2NC(=O)OC(C)(C)C)cc1. The van der Waals surface area contributed by atoms with Crippen LogP contribution in [0.15, 0.2) is 48.5 Å². The normalized spacial score (nSPS) is 17.5. The first kappa shape index (κ1) is 27.6. The van der Waals surface area contributed by atoms with Crippen molar-refractivity contribution in [3.05, 3.63) is 59.7 Å². The summed E-state index contributed by atoms with van der Waals surface area (Å²) in [5.74, 6) is -0.256. The minimum atomic E-state index is -0.690. The second-order valence-electron chi connectivity index (χ2n) is 11.2. The van der Waals surface area contributed by atoms with Crippen molar-refractivity contribution < 1.29 is 19.4 Å². The Morgan fingerprint density at radius 3 is 2.14 bits per heavy atom. The topological polar surface area (TPSA) is 94.1 Å². The van der Waals surface area contributed by atoms with E-state index in [-0.39, 0.29) is 5.91 Å². The van der Waals surface area contributed by atoms with E-state index in [4.69, 9.17) is 4.74 Å². The number of amides is 2. The maximum atomic E-state index is 12.9. The highest BCUT2D eigenvalue weighted by Crippen LogP contribution is 2.23. The van der Waals surface area contributed by atoms with Gasteiger partial charge in [0, 0.05) is 44.3 Å². The molecule has 8 nitrogen and oxygen atoms in total. The Hall–Kier alpha value is -2.94. The molecule has 8 heteroatoms. The number of anilines is 2. The first-order valence-electron chi connectivity index (χ1n) is 12.5. The zero-order valence-electron chi connectivity index (χ0n) is 22.3. The van der Waals surface area contributed by atoms with Gasteiger partial charge < -0.3 is 15.2 Å². The third kappa shape index (κ3) is 8.62. The Balaban J connectivity index is 1.57. The minimum Gasteiger partial charge on any atom is -0.444 e. The van der Waals surface area contributed by atoms with Gasteiger partial charge in [-0.1, -0.05) is 24.3 Å². The Bertz CT molecular complexity index is 1040. The first-order valence-corrected chi connectivity index (χ1v) is 12.5. The fraction of sp³-hybridized carbons (Fsp3) is 0.500. The van der Waals surface area contributed by atoms with Crippen LogP contribution in [0, 0.1) is 0 Å². The van der Waals surface area contributed by atoms with Gasteiger partial charge in [-0.3, -0.25) is 19.9 Å². The van der Waals surface area contributed by atoms with E-state index >= 15 is 0 Å². The molecule has 0 aromatic heterocycles. The van der Waals surface area contributed by atoms with Crippen LogP contribution in [0.4, 0.5) is 16.2 Å². The molecule has 196 valence electrons. The molecule has 1 aliphatic rings. The van der Waals surface area contributed by atoms with Crippen molar-refractivity contribution in [2.24, 2.45) is 0 Å². The van der Waals surface area contributed by atoms with Crippen LogP contribution in [0.2, 0.25) is 0 Å². The Morgan fingerprint density at radius 2 is 1.58 bits per heavy atom. The number of aliphatic hydroxyl groups is 1. The quantitative estimate of drug-likeness (QED) is 0.520. The number of hydrogen-bond acceptors (Lipinski definition) is 6. The predicted octanol–water partition coefficient (Wildman–Crippen LogP) is 4.56. The molecule has 1 heterocycles. The van der Waals surface area contributed by atoms with Crippen LogP contribution in [-0.2, 0) is 11.3 Å². The molecule has 0 saturated carbocycles. The van der Waals surface area contributed by atoms with Crippen LogP contribution in [0.1, 0.15) is 57.5 Å². The zero-order chi connectivity index (χ0) is 26.5. The lowest BCUT2D eigenvalue weighted by atomic mass is 10.1. The fourth-order valence-electron chi connectivity index (χ4n) is 4.30. The lowest BCUT2D eigenvalue weighted by molar-refractivity contribution is 0.00196. The third-order valence-corrected chi connectivity index (χ3v) is 5.87. The molecule has 1 atom stereocenters. The molecule has 3 rings (SSSR count). The summed E-state index contributed by atoms with van der Waals surface area (Å²) in [5.41, 5.74) is 1.33. The Morgan fingerprint density at radius 1 is 0.972 bits per heavy atom. The third-order valence-electron chi connectivity index (χ3n) is 5.87. The molecule has 0 bridgehead atoms. The first-order chi connectivity index (χ1) is 16.8. The van der Waals surface area contributed by atoms with Crippen LogP contribution in [0.3, 0.4) is 0 Å². The van der Waals surface area contributed by atoms with Crippen molar-refractivity contribution >= 4 is 23.4 Å². The second kappa shape index (κ2) is 11.4. The van der Waals surface area contributed by atoms with E-state index in [0.717, 1.165) is 31.7 Å². The molecule has 2 aromatic rings. The number of carbonyl (C=O) groups is 2. The molecule has 1 aliphatic heterocycles. The van der Waals surface area contributed by atoms with Gasteiger partial charge in [-0.25, -0.2) is 4.79 Å². The van der Waals surface area contributed by atoms with E-state index in [1.54, 1.807) is 45.0 Å². The number of benzene rings is 2. The number of carbonyl (C=O) groups excluding carboxylic acids is 2. The minimum absolute atomic E-state index is 0.256. The predicted molar refractivity (Wildman–Crippen MR) is 143 cm³/mol. The van der Waals surface area contributed by atoms with Gasteiger partial charge in [0.15, 0.2) is 0 Å². The maximum Gasteiger partial charge on any atom is 0.412 e. The highest BCUT2D eigenvalue weighted by Gasteiger charge is 2.27. The number of rotatable bonds is 7. The summed E-state index contributed by atoms with van der Waals surface area (Å²) >= 11 is 0. The van der Waals surface area contributed by atoms with Crippen LogP contribution in [-0.4, -0.2) is 70.3 Å². The van der Waals surface area contributed by atoms with Crippen molar-refractivity contribution in [1.29, 1.82) is 0 Å². The van der Waals surface area contributed by atoms with Crippen molar-refractivity contribution in [3.8, 4) is 0 Å². The van der Waals surface area contributed by atoms with Gasteiger partial charge >= 0.3 is 6.09 Å². The van der Waals surface area contributed by atoms with E-state index in [1.807, 2.05) is 38.1 Å². The number of nitrogens with zero attached hydrogens (tertiary/aromatic N) is 2. The summed E-state index contributed by atoms with van der Waals surface area (Å²) in [6.07, 6.45) is -0.580. The van der Waals surface area contributed by atoms with E-state index in [2.05, 4.69) is 27.4 Å². The summed E-state index contributed by atoms with van der Waals surface area (Å²) in [6.45, 7) is 15.5. The van der Waals surface area contributed by atoms with Gasteiger partial charge in [-0.2, -0.15) is 0 Å². The van der Waals surface area contributed by atoms with E-state index in [1.165, 1.54) is 0 Å². The molecule has 1 fully saturated rings. The monoisotopic (exact) mass is 496 g/mol. The second-order valence-corrected chi connectivity index (χ2v) is 11.2. The molecule has 0 spiro atoms. The lowest BCUT2D eigenvalue weighted by Crippen LogP contribution is -2.54.